The summed E-state index contributed by atoms with van der Waals surface area (Å²) in [5.74, 6) is -0.133. The van der Waals surface area contributed by atoms with Crippen molar-refractivity contribution >= 4 is 11.8 Å². The van der Waals surface area contributed by atoms with Crippen LogP contribution in [0.3, 0.4) is 0 Å². The molecule has 10 heteroatoms. The first-order valence-electron chi connectivity index (χ1n) is 7.80. The molecule has 0 atom stereocenters. The maximum absolute atomic E-state index is 11.6. The zero-order chi connectivity index (χ0) is 17.3. The van der Waals surface area contributed by atoms with Crippen LogP contribution in [0.5, 0.6) is 0 Å². The predicted molar refractivity (Wildman–Crippen MR) is 88.4 cm³/mol. The molecular formula is C13H28N8O2. The monoisotopic (exact) mass is 328 g/mol. The second kappa shape index (κ2) is 15.0. The summed E-state index contributed by atoms with van der Waals surface area (Å²) in [6, 6.07) is 0. The second-order valence-electron chi connectivity index (χ2n) is 4.93. The van der Waals surface area contributed by atoms with Crippen LogP contribution < -0.4 is 22.1 Å². The van der Waals surface area contributed by atoms with Gasteiger partial charge in [0.15, 0.2) is 0 Å². The molecule has 0 unspecified atom stereocenters. The van der Waals surface area contributed by atoms with E-state index >= 15 is 0 Å². The minimum atomic E-state index is -0.0666. The number of rotatable bonds is 14. The van der Waals surface area contributed by atoms with Crippen LogP contribution in [0.4, 0.5) is 0 Å². The van der Waals surface area contributed by atoms with Crippen LogP contribution in [-0.2, 0) is 9.59 Å². The normalized spacial score (nSPS) is 10.2. The van der Waals surface area contributed by atoms with Crippen molar-refractivity contribution in [2.75, 3.05) is 52.4 Å². The Balaban J connectivity index is 4.18. The molecule has 0 bridgehead atoms. The summed E-state index contributed by atoms with van der Waals surface area (Å²) in [6.07, 6.45) is 1.36. The minimum absolute atomic E-state index is 0.0666. The highest BCUT2D eigenvalue weighted by atomic mass is 16.2. The zero-order valence-corrected chi connectivity index (χ0v) is 13.5. The summed E-state index contributed by atoms with van der Waals surface area (Å²) in [4.78, 5) is 27.9. The van der Waals surface area contributed by atoms with Crippen LogP contribution in [0.15, 0.2) is 5.11 Å². The molecule has 0 spiro atoms. The van der Waals surface area contributed by atoms with E-state index in [-0.39, 0.29) is 11.8 Å². The number of nitrogens with two attached hydrogens (primary N) is 2. The lowest BCUT2D eigenvalue weighted by atomic mass is 10.2. The van der Waals surface area contributed by atoms with Gasteiger partial charge in [-0.2, -0.15) is 0 Å². The second-order valence-corrected chi connectivity index (χ2v) is 4.93. The molecule has 0 saturated heterocycles. The standard InChI is InChI=1S/C13H28N8O2/c14-4-7-17-12(22)2-10-21(9-1-6-19-20-16)11-3-13(23)18-8-5-15/h1-11,14-15H2,(H,17,22)(H,18,23). The molecular weight excluding hydrogens is 300 g/mol. The van der Waals surface area contributed by atoms with Crippen LogP contribution >= 0.6 is 0 Å². The van der Waals surface area contributed by atoms with Crippen LogP contribution in [0.2, 0.25) is 0 Å². The number of hydrogen-bond acceptors (Lipinski definition) is 6. The Hall–Kier alpha value is -1.87. The number of nitrogens with zero attached hydrogens (tertiary/aromatic N) is 4. The number of hydrogen-bond donors (Lipinski definition) is 4. The van der Waals surface area contributed by atoms with Crippen molar-refractivity contribution in [3.8, 4) is 0 Å². The Morgan fingerprint density at radius 2 is 1.52 bits per heavy atom. The summed E-state index contributed by atoms with van der Waals surface area (Å²) >= 11 is 0. The van der Waals surface area contributed by atoms with Gasteiger partial charge < -0.3 is 27.0 Å². The van der Waals surface area contributed by atoms with Gasteiger partial charge in [-0.15, -0.1) is 0 Å². The van der Waals surface area contributed by atoms with Crippen molar-refractivity contribution in [3.05, 3.63) is 10.4 Å². The quantitative estimate of drug-likeness (QED) is 0.138. The Bertz CT molecular complexity index is 360. The molecule has 0 aliphatic carbocycles. The number of carbonyl (C=O) groups is 2. The van der Waals surface area contributed by atoms with E-state index in [9.17, 15) is 9.59 Å². The highest BCUT2D eigenvalue weighted by molar-refractivity contribution is 5.76. The van der Waals surface area contributed by atoms with Gasteiger partial charge in [0.05, 0.1) is 0 Å². The fourth-order valence-electron chi connectivity index (χ4n) is 1.86. The first-order valence-corrected chi connectivity index (χ1v) is 7.80. The van der Waals surface area contributed by atoms with E-state index in [0.29, 0.717) is 71.6 Å². The molecule has 132 valence electrons. The van der Waals surface area contributed by atoms with Crippen molar-refractivity contribution in [1.29, 1.82) is 0 Å². The van der Waals surface area contributed by atoms with Gasteiger partial charge in [0, 0.05) is 63.6 Å². The molecule has 0 aliphatic rings. The van der Waals surface area contributed by atoms with Crippen molar-refractivity contribution in [3.63, 3.8) is 0 Å². The van der Waals surface area contributed by atoms with Crippen LogP contribution in [0, 0.1) is 0 Å². The Morgan fingerprint density at radius 3 is 1.96 bits per heavy atom. The predicted octanol–water partition coefficient (Wildman–Crippen LogP) is -1.08. The van der Waals surface area contributed by atoms with Crippen LogP contribution in [0.1, 0.15) is 19.3 Å². The highest BCUT2D eigenvalue weighted by Crippen LogP contribution is 1.98. The molecule has 0 fully saturated rings. The SMILES string of the molecule is [N-]=[N+]=NCCCN(CCC(=O)NCCN)CCC(=O)NCCN. The third-order valence-electron chi connectivity index (χ3n) is 3.04. The molecule has 2 amide bonds. The van der Waals surface area contributed by atoms with Gasteiger partial charge in [0.25, 0.3) is 0 Å². The van der Waals surface area contributed by atoms with E-state index in [1.165, 1.54) is 0 Å². The number of amides is 2. The first kappa shape index (κ1) is 21.1. The summed E-state index contributed by atoms with van der Waals surface area (Å²) < 4.78 is 0. The van der Waals surface area contributed by atoms with Crippen molar-refractivity contribution in [1.82, 2.24) is 15.5 Å². The third-order valence-corrected chi connectivity index (χ3v) is 3.04. The minimum Gasteiger partial charge on any atom is -0.355 e. The van der Waals surface area contributed by atoms with Gasteiger partial charge in [-0.1, -0.05) is 5.11 Å². The molecule has 0 aliphatic heterocycles. The largest absolute Gasteiger partial charge is 0.355 e. The Kier molecular flexibility index (Phi) is 13.8. The van der Waals surface area contributed by atoms with Gasteiger partial charge in [-0.3, -0.25) is 9.59 Å². The van der Waals surface area contributed by atoms with Gasteiger partial charge in [0.1, 0.15) is 0 Å². The van der Waals surface area contributed by atoms with E-state index in [4.69, 9.17) is 17.0 Å². The van der Waals surface area contributed by atoms with E-state index in [1.54, 1.807) is 0 Å². The van der Waals surface area contributed by atoms with Crippen molar-refractivity contribution in [2.24, 2.45) is 16.6 Å². The molecule has 0 aromatic rings. The van der Waals surface area contributed by atoms with E-state index in [0.717, 1.165) is 0 Å². The molecule has 0 aromatic carbocycles. The van der Waals surface area contributed by atoms with Gasteiger partial charge >= 0.3 is 0 Å². The highest BCUT2D eigenvalue weighted by Gasteiger charge is 2.10. The molecule has 10 nitrogen and oxygen atoms in total. The van der Waals surface area contributed by atoms with Gasteiger partial charge in [-0.05, 0) is 18.5 Å². The maximum atomic E-state index is 11.6. The number of nitrogens with one attached hydrogen (secondary N) is 2. The summed E-state index contributed by atoms with van der Waals surface area (Å²) in [5.41, 5.74) is 18.9. The molecule has 6 N–H and O–H groups in total. The topological polar surface area (TPSA) is 162 Å². The van der Waals surface area contributed by atoms with Crippen molar-refractivity contribution < 1.29 is 9.59 Å². The average molecular weight is 328 g/mol. The van der Waals surface area contributed by atoms with Crippen LogP contribution in [0.25, 0.3) is 10.4 Å². The smallest absolute Gasteiger partial charge is 0.221 e. The van der Waals surface area contributed by atoms with Crippen LogP contribution in [-0.4, -0.2) is 69.1 Å². The lowest BCUT2D eigenvalue weighted by Crippen LogP contribution is -2.36. The van der Waals surface area contributed by atoms with Gasteiger partial charge in [0.2, 0.25) is 11.8 Å². The fraction of sp³-hybridized carbons (Fsp3) is 0.846. The lowest BCUT2D eigenvalue weighted by molar-refractivity contribution is -0.121. The Morgan fingerprint density at radius 1 is 1.00 bits per heavy atom. The molecule has 0 aromatic heterocycles. The first-order chi connectivity index (χ1) is 11.1. The van der Waals surface area contributed by atoms with Gasteiger partial charge in [-0.25, -0.2) is 0 Å². The van der Waals surface area contributed by atoms with Crippen molar-refractivity contribution in [2.45, 2.75) is 19.3 Å². The Labute approximate surface area is 136 Å². The average Bonchev–Trinajstić information content (AvgIpc) is 2.56. The summed E-state index contributed by atoms with van der Waals surface area (Å²) in [7, 11) is 0. The zero-order valence-electron chi connectivity index (χ0n) is 13.5. The summed E-state index contributed by atoms with van der Waals surface area (Å²) in [6.45, 7) is 3.85. The molecule has 0 rings (SSSR count). The number of carbonyl (C=O) groups excluding carboxylic acids is 2. The van der Waals surface area contributed by atoms with E-state index in [2.05, 4.69) is 20.7 Å². The fourth-order valence-corrected chi connectivity index (χ4v) is 1.86. The van der Waals surface area contributed by atoms with E-state index < -0.39 is 0 Å². The molecule has 23 heavy (non-hydrogen) atoms. The molecule has 0 saturated carbocycles. The lowest BCUT2D eigenvalue weighted by Gasteiger charge is -2.21. The summed E-state index contributed by atoms with van der Waals surface area (Å²) in [5, 5.41) is 8.90. The molecule has 0 heterocycles. The maximum Gasteiger partial charge on any atom is 0.221 e. The molecule has 0 radical (unpaired) electrons. The number of azide groups is 1. The third kappa shape index (κ3) is 13.5. The van der Waals surface area contributed by atoms with E-state index in [1.807, 2.05) is 4.90 Å².